The molecule has 2 nitrogen and oxygen atoms in total. The van der Waals surface area contributed by atoms with Crippen molar-refractivity contribution >= 4 is 18.0 Å². The van der Waals surface area contributed by atoms with Crippen molar-refractivity contribution in [2.45, 2.75) is 19.8 Å². The minimum atomic E-state index is 1.07. The molecule has 0 amide bonds. The molecule has 0 spiro atoms. The van der Waals surface area contributed by atoms with Gasteiger partial charge in [-0.1, -0.05) is 24.8 Å². The quantitative estimate of drug-likeness (QED) is 0.679. The molecule has 1 aromatic rings. The first-order valence-electron chi connectivity index (χ1n) is 5.10. The van der Waals surface area contributed by atoms with Gasteiger partial charge in [0.25, 0.3) is 0 Å². The van der Waals surface area contributed by atoms with E-state index in [1.807, 2.05) is 6.08 Å². The van der Waals surface area contributed by atoms with Crippen molar-refractivity contribution in [2.75, 3.05) is 11.9 Å². The molecule has 2 heterocycles. The van der Waals surface area contributed by atoms with Gasteiger partial charge in [0.1, 0.15) is 5.82 Å². The summed E-state index contributed by atoms with van der Waals surface area (Å²) in [6.45, 7) is 6.88. The van der Waals surface area contributed by atoms with Gasteiger partial charge >= 0.3 is 0 Å². The van der Waals surface area contributed by atoms with Crippen LogP contribution in [0.25, 0.3) is 12.2 Å². The van der Waals surface area contributed by atoms with Crippen LogP contribution in [0.15, 0.2) is 12.7 Å². The molecule has 0 aromatic carbocycles. The summed E-state index contributed by atoms with van der Waals surface area (Å²) in [6.07, 6.45) is 8.41. The van der Waals surface area contributed by atoms with Gasteiger partial charge in [0.05, 0.1) is 0 Å². The van der Waals surface area contributed by atoms with Gasteiger partial charge in [0.15, 0.2) is 0 Å². The second kappa shape index (κ2) is 3.74. The molecule has 14 heavy (non-hydrogen) atoms. The highest BCUT2D eigenvalue weighted by Crippen LogP contribution is 2.13. The fourth-order valence-electron chi connectivity index (χ4n) is 2.00. The first-order valence-corrected chi connectivity index (χ1v) is 5.10. The lowest BCUT2D eigenvalue weighted by Gasteiger charge is -2.12. The van der Waals surface area contributed by atoms with Crippen molar-refractivity contribution in [2.24, 2.45) is 0 Å². The van der Waals surface area contributed by atoms with Gasteiger partial charge in [-0.3, -0.25) is 0 Å². The number of anilines is 1. The molecule has 2 heteroatoms. The Morgan fingerprint density at radius 3 is 3.00 bits per heavy atom. The number of allylic oxidation sites excluding steroid dienone is 1. The number of aromatic amines is 1. The molecule has 0 atom stereocenters. The van der Waals surface area contributed by atoms with E-state index >= 15 is 0 Å². The lowest BCUT2D eigenvalue weighted by molar-refractivity contribution is 0.825. The number of hydrogen-bond acceptors (Lipinski definition) is 1. The number of hydrogen-bond donors (Lipinski definition) is 2. The molecule has 0 unspecified atom stereocenters. The molecule has 0 fully saturated rings. The van der Waals surface area contributed by atoms with Crippen LogP contribution < -0.4 is 15.9 Å². The zero-order chi connectivity index (χ0) is 9.97. The molecule has 0 aliphatic carbocycles. The molecule has 0 saturated carbocycles. The van der Waals surface area contributed by atoms with Crippen LogP contribution in [0, 0.1) is 0 Å². The molecule has 74 valence electrons. The Balaban J connectivity index is 2.72. The van der Waals surface area contributed by atoms with Crippen LogP contribution in [-0.2, 0) is 6.42 Å². The van der Waals surface area contributed by atoms with Crippen molar-refractivity contribution in [3.05, 3.63) is 28.8 Å². The fourth-order valence-corrected chi connectivity index (χ4v) is 2.00. The maximum atomic E-state index is 3.76. The van der Waals surface area contributed by atoms with Gasteiger partial charge in [-0.2, -0.15) is 0 Å². The average Bonchev–Trinajstić information content (AvgIpc) is 2.58. The summed E-state index contributed by atoms with van der Waals surface area (Å²) in [7, 11) is 0. The van der Waals surface area contributed by atoms with Gasteiger partial charge in [-0.25, -0.2) is 0 Å². The minimum absolute atomic E-state index is 1.07. The molecule has 2 rings (SSSR count). The normalized spacial score (nSPS) is 17.8. The zero-order valence-corrected chi connectivity index (χ0v) is 8.56. The summed E-state index contributed by atoms with van der Waals surface area (Å²) >= 11 is 0. The second-order valence-electron chi connectivity index (χ2n) is 3.53. The van der Waals surface area contributed by atoms with Crippen LogP contribution in [0.3, 0.4) is 0 Å². The molecule has 0 radical (unpaired) electrons. The number of H-pyrrole nitrogens is 1. The van der Waals surface area contributed by atoms with Crippen molar-refractivity contribution in [1.82, 2.24) is 4.98 Å². The first-order chi connectivity index (χ1) is 6.86. The first kappa shape index (κ1) is 9.13. The molecule has 1 aromatic heterocycles. The van der Waals surface area contributed by atoms with Crippen molar-refractivity contribution in [3.63, 3.8) is 0 Å². The summed E-state index contributed by atoms with van der Waals surface area (Å²) in [6, 6.07) is 0. The van der Waals surface area contributed by atoms with Gasteiger partial charge in [-0.05, 0) is 19.8 Å². The Labute approximate surface area is 84.0 Å². The highest BCUT2D eigenvalue weighted by atomic mass is 15.0. The molecule has 1 aliphatic rings. The average molecular weight is 188 g/mol. The third-order valence-electron chi connectivity index (χ3n) is 2.66. The van der Waals surface area contributed by atoms with E-state index in [2.05, 4.69) is 36.0 Å². The number of fused-ring (bicyclic) bond motifs is 1. The zero-order valence-electron chi connectivity index (χ0n) is 8.56. The maximum Gasteiger partial charge on any atom is 0.107 e. The SMILES string of the molecule is C=C/C=c1/c2c([nH]/c1=C/C)NCCC2. The van der Waals surface area contributed by atoms with Gasteiger partial charge in [0.2, 0.25) is 0 Å². The van der Waals surface area contributed by atoms with Crippen molar-refractivity contribution < 1.29 is 0 Å². The molecular formula is C12H16N2. The lowest BCUT2D eigenvalue weighted by atomic mass is 10.1. The van der Waals surface area contributed by atoms with Crippen LogP contribution in [0.5, 0.6) is 0 Å². The van der Waals surface area contributed by atoms with E-state index in [-0.39, 0.29) is 0 Å². The monoisotopic (exact) mass is 188 g/mol. The highest BCUT2D eigenvalue weighted by Gasteiger charge is 2.11. The number of aromatic nitrogens is 1. The van der Waals surface area contributed by atoms with E-state index in [9.17, 15) is 0 Å². The summed E-state index contributed by atoms with van der Waals surface area (Å²) < 4.78 is 0. The summed E-state index contributed by atoms with van der Waals surface area (Å²) in [4.78, 5) is 3.39. The van der Waals surface area contributed by atoms with E-state index in [4.69, 9.17) is 0 Å². The largest absolute Gasteiger partial charge is 0.371 e. The molecule has 1 aliphatic heterocycles. The number of rotatable bonds is 1. The Kier molecular flexibility index (Phi) is 2.44. The Morgan fingerprint density at radius 2 is 2.29 bits per heavy atom. The van der Waals surface area contributed by atoms with Crippen LogP contribution in [0.4, 0.5) is 5.82 Å². The van der Waals surface area contributed by atoms with Crippen molar-refractivity contribution in [1.29, 1.82) is 0 Å². The third-order valence-corrected chi connectivity index (χ3v) is 2.66. The fraction of sp³-hybridized carbons (Fsp3) is 0.333. The smallest absolute Gasteiger partial charge is 0.107 e. The van der Waals surface area contributed by atoms with E-state index in [1.54, 1.807) is 0 Å². The molecular weight excluding hydrogens is 172 g/mol. The van der Waals surface area contributed by atoms with E-state index in [0.717, 1.165) is 13.0 Å². The number of nitrogens with one attached hydrogen (secondary N) is 2. The molecule has 2 N–H and O–H groups in total. The highest BCUT2D eigenvalue weighted by molar-refractivity contribution is 5.53. The summed E-state index contributed by atoms with van der Waals surface area (Å²) in [5, 5.41) is 5.88. The third kappa shape index (κ3) is 1.37. The van der Waals surface area contributed by atoms with Crippen LogP contribution in [0.1, 0.15) is 18.9 Å². The van der Waals surface area contributed by atoms with Crippen LogP contribution >= 0.6 is 0 Å². The lowest BCUT2D eigenvalue weighted by Crippen LogP contribution is -2.25. The van der Waals surface area contributed by atoms with Crippen LogP contribution in [0.2, 0.25) is 0 Å². The van der Waals surface area contributed by atoms with Crippen LogP contribution in [-0.4, -0.2) is 11.5 Å². The standard InChI is InChI=1S/C12H16N2/c1-3-6-9-10-7-5-8-13-12(10)14-11(9)4-2/h3-4,6,13-14H,1,5,7-8H2,2H3/b9-6-,11-4+. The van der Waals surface area contributed by atoms with E-state index in [0.29, 0.717) is 0 Å². The van der Waals surface area contributed by atoms with Gasteiger partial charge < -0.3 is 10.3 Å². The molecule has 0 bridgehead atoms. The van der Waals surface area contributed by atoms with E-state index in [1.165, 1.54) is 28.4 Å². The van der Waals surface area contributed by atoms with Gasteiger partial charge in [-0.15, -0.1) is 0 Å². The Bertz CT molecular complexity index is 451. The second-order valence-corrected chi connectivity index (χ2v) is 3.53. The van der Waals surface area contributed by atoms with Gasteiger partial charge in [0, 0.05) is 22.7 Å². The molecule has 0 saturated heterocycles. The topological polar surface area (TPSA) is 27.8 Å². The van der Waals surface area contributed by atoms with E-state index < -0.39 is 0 Å². The minimum Gasteiger partial charge on any atom is -0.371 e. The summed E-state index contributed by atoms with van der Waals surface area (Å²) in [5.41, 5.74) is 1.41. The Morgan fingerprint density at radius 1 is 1.43 bits per heavy atom. The van der Waals surface area contributed by atoms with Crippen molar-refractivity contribution in [3.8, 4) is 0 Å². The summed E-state index contributed by atoms with van der Waals surface area (Å²) in [5.74, 6) is 1.19. The predicted octanol–water partition coefficient (Wildman–Crippen LogP) is 1.14. The maximum absolute atomic E-state index is 3.76. The Hall–Kier alpha value is -1.44. The predicted molar refractivity (Wildman–Crippen MR) is 61.7 cm³/mol.